The zero-order valence-corrected chi connectivity index (χ0v) is 16.5. The molecule has 0 aromatic heterocycles. The molecule has 1 aliphatic heterocycles. The van der Waals surface area contributed by atoms with Crippen LogP contribution < -0.4 is 24.8 Å². The number of anilines is 1. The molecule has 0 atom stereocenters. The van der Waals surface area contributed by atoms with Gasteiger partial charge in [0.2, 0.25) is 10.0 Å². The predicted molar refractivity (Wildman–Crippen MR) is 101 cm³/mol. The van der Waals surface area contributed by atoms with E-state index in [2.05, 4.69) is 22.3 Å². The molecule has 0 saturated carbocycles. The minimum Gasteiger partial charge on any atom is -0.493 e. The van der Waals surface area contributed by atoms with Gasteiger partial charge in [0.25, 0.3) is 5.91 Å². The number of amides is 1. The van der Waals surface area contributed by atoms with Crippen molar-refractivity contribution < 1.29 is 22.7 Å². The van der Waals surface area contributed by atoms with Crippen LogP contribution in [0.4, 0.5) is 5.69 Å². The van der Waals surface area contributed by atoms with Gasteiger partial charge in [-0.15, -0.1) is 0 Å². The average molecular weight is 385 g/mol. The van der Waals surface area contributed by atoms with Crippen LogP contribution in [0.15, 0.2) is 12.1 Å². The Balaban J connectivity index is 2.24. The van der Waals surface area contributed by atoms with E-state index in [1.165, 1.54) is 26.4 Å². The summed E-state index contributed by atoms with van der Waals surface area (Å²) in [5.41, 5.74) is 0.504. The lowest BCUT2D eigenvalue weighted by Crippen LogP contribution is -2.42. The van der Waals surface area contributed by atoms with E-state index in [4.69, 9.17) is 9.47 Å². The number of benzene rings is 1. The maximum atomic E-state index is 12.6. The molecule has 1 saturated heterocycles. The lowest BCUT2D eigenvalue weighted by atomic mass is 9.81. The molecule has 26 heavy (non-hydrogen) atoms. The summed E-state index contributed by atoms with van der Waals surface area (Å²) in [6.07, 6.45) is 3.00. The molecule has 0 unspecified atom stereocenters. The number of methoxy groups -OCH3 is 2. The van der Waals surface area contributed by atoms with Crippen molar-refractivity contribution >= 4 is 21.6 Å². The highest BCUT2D eigenvalue weighted by Crippen LogP contribution is 2.37. The second-order valence-corrected chi connectivity index (χ2v) is 8.63. The fourth-order valence-electron chi connectivity index (χ4n) is 2.97. The van der Waals surface area contributed by atoms with Crippen molar-refractivity contribution in [2.24, 2.45) is 5.41 Å². The highest BCUT2D eigenvalue weighted by molar-refractivity contribution is 7.92. The smallest absolute Gasteiger partial charge is 0.251 e. The van der Waals surface area contributed by atoms with E-state index in [9.17, 15) is 13.2 Å². The van der Waals surface area contributed by atoms with E-state index < -0.39 is 10.0 Å². The number of hydrogen-bond donors (Lipinski definition) is 3. The Labute approximate surface area is 154 Å². The molecular weight excluding hydrogens is 358 g/mol. The molecule has 0 spiro atoms. The molecule has 1 fully saturated rings. The quantitative estimate of drug-likeness (QED) is 0.651. The zero-order valence-electron chi connectivity index (χ0n) is 15.6. The number of rotatable bonds is 7. The van der Waals surface area contributed by atoms with Crippen LogP contribution in [0.1, 0.15) is 30.1 Å². The van der Waals surface area contributed by atoms with E-state index in [0.29, 0.717) is 12.1 Å². The Morgan fingerprint density at radius 2 is 1.88 bits per heavy atom. The van der Waals surface area contributed by atoms with Crippen molar-refractivity contribution in [3.8, 4) is 11.5 Å². The molecular formula is C17H27N3O5S. The van der Waals surface area contributed by atoms with Crippen molar-refractivity contribution in [2.45, 2.75) is 19.8 Å². The van der Waals surface area contributed by atoms with Gasteiger partial charge in [0.05, 0.1) is 26.2 Å². The largest absolute Gasteiger partial charge is 0.493 e. The van der Waals surface area contributed by atoms with Crippen LogP contribution in [0.5, 0.6) is 11.5 Å². The summed E-state index contributed by atoms with van der Waals surface area (Å²) in [5, 5.41) is 6.26. The van der Waals surface area contributed by atoms with Gasteiger partial charge < -0.3 is 20.1 Å². The second kappa shape index (κ2) is 8.13. The first-order chi connectivity index (χ1) is 12.2. The number of carbonyl (C=O) groups is 1. The molecule has 2 rings (SSSR count). The molecule has 0 bridgehead atoms. The lowest BCUT2D eigenvalue weighted by molar-refractivity contribution is 0.0922. The average Bonchev–Trinajstić information content (AvgIpc) is 2.58. The number of hydrogen-bond acceptors (Lipinski definition) is 6. The fraction of sp³-hybridized carbons (Fsp3) is 0.588. The van der Waals surface area contributed by atoms with Crippen LogP contribution in [0.2, 0.25) is 0 Å². The molecule has 0 radical (unpaired) electrons. The van der Waals surface area contributed by atoms with Crippen molar-refractivity contribution in [3.05, 3.63) is 17.7 Å². The number of piperidine rings is 1. The Bertz CT molecular complexity index is 758. The SMILES string of the molecule is COc1cc(C(=O)NCC2(C)CCNCC2)cc(NS(C)(=O)=O)c1OC. The van der Waals surface area contributed by atoms with Crippen LogP contribution in [0, 0.1) is 5.41 Å². The fourth-order valence-corrected chi connectivity index (χ4v) is 3.52. The van der Waals surface area contributed by atoms with E-state index in [1.807, 2.05) is 0 Å². The van der Waals surface area contributed by atoms with Crippen LogP contribution in [-0.2, 0) is 10.0 Å². The van der Waals surface area contributed by atoms with Gasteiger partial charge in [0, 0.05) is 12.1 Å². The summed E-state index contributed by atoms with van der Waals surface area (Å²) >= 11 is 0. The molecule has 0 aliphatic carbocycles. The second-order valence-electron chi connectivity index (χ2n) is 6.88. The van der Waals surface area contributed by atoms with Gasteiger partial charge in [-0.1, -0.05) is 6.92 Å². The summed E-state index contributed by atoms with van der Waals surface area (Å²) in [4.78, 5) is 12.6. The predicted octanol–water partition coefficient (Wildman–Crippen LogP) is 1.19. The maximum Gasteiger partial charge on any atom is 0.251 e. The van der Waals surface area contributed by atoms with Gasteiger partial charge >= 0.3 is 0 Å². The van der Waals surface area contributed by atoms with Crippen LogP contribution in [0.25, 0.3) is 0 Å². The summed E-state index contributed by atoms with van der Waals surface area (Å²) in [6, 6.07) is 2.98. The third-order valence-electron chi connectivity index (χ3n) is 4.52. The van der Waals surface area contributed by atoms with Crippen molar-refractivity contribution in [1.29, 1.82) is 0 Å². The molecule has 3 N–H and O–H groups in total. The first-order valence-corrected chi connectivity index (χ1v) is 10.3. The first-order valence-electron chi connectivity index (χ1n) is 8.40. The number of sulfonamides is 1. The van der Waals surface area contributed by atoms with Crippen LogP contribution in [-0.4, -0.2) is 54.4 Å². The van der Waals surface area contributed by atoms with Crippen LogP contribution >= 0.6 is 0 Å². The highest BCUT2D eigenvalue weighted by Gasteiger charge is 2.27. The monoisotopic (exact) mass is 385 g/mol. The van der Waals surface area contributed by atoms with Gasteiger partial charge in [-0.05, 0) is 43.5 Å². The Hall–Kier alpha value is -2.00. The molecule has 1 heterocycles. The molecule has 1 aromatic carbocycles. The Kier molecular flexibility index (Phi) is 6.35. The highest BCUT2D eigenvalue weighted by atomic mass is 32.2. The third-order valence-corrected chi connectivity index (χ3v) is 5.11. The van der Waals surface area contributed by atoms with Gasteiger partial charge in [0.15, 0.2) is 11.5 Å². The molecule has 8 nitrogen and oxygen atoms in total. The molecule has 1 aromatic rings. The van der Waals surface area contributed by atoms with E-state index >= 15 is 0 Å². The van der Waals surface area contributed by atoms with Gasteiger partial charge in [-0.2, -0.15) is 0 Å². The topological polar surface area (TPSA) is 106 Å². The number of carbonyl (C=O) groups excluding carboxylic acids is 1. The number of nitrogens with one attached hydrogen (secondary N) is 3. The normalized spacial score (nSPS) is 16.6. The van der Waals surface area contributed by atoms with Gasteiger partial charge in [0.1, 0.15) is 0 Å². The summed E-state index contributed by atoms with van der Waals surface area (Å²) in [5.74, 6) is 0.210. The minimum atomic E-state index is -3.54. The summed E-state index contributed by atoms with van der Waals surface area (Å²) in [7, 11) is -0.704. The maximum absolute atomic E-state index is 12.6. The van der Waals surface area contributed by atoms with Crippen molar-refractivity contribution in [3.63, 3.8) is 0 Å². The lowest BCUT2D eigenvalue weighted by Gasteiger charge is -2.34. The van der Waals surface area contributed by atoms with Gasteiger partial charge in [-0.3, -0.25) is 9.52 Å². The Morgan fingerprint density at radius 1 is 1.23 bits per heavy atom. The minimum absolute atomic E-state index is 0.0469. The standard InChI is InChI=1S/C17H27N3O5S/c1-17(5-7-18-8-6-17)11-19-16(21)12-9-13(20-26(4,22)23)15(25-3)14(10-12)24-2/h9-10,18,20H,5-8,11H2,1-4H3,(H,19,21). The molecule has 1 aliphatic rings. The van der Waals surface area contributed by atoms with E-state index in [1.54, 1.807) is 0 Å². The summed E-state index contributed by atoms with van der Waals surface area (Å²) in [6.45, 7) is 4.58. The Morgan fingerprint density at radius 3 is 2.42 bits per heavy atom. The van der Waals surface area contributed by atoms with Crippen molar-refractivity contribution in [2.75, 3.05) is 44.8 Å². The van der Waals surface area contributed by atoms with E-state index in [0.717, 1.165) is 32.2 Å². The van der Waals surface area contributed by atoms with Gasteiger partial charge in [-0.25, -0.2) is 8.42 Å². The summed E-state index contributed by atoms with van der Waals surface area (Å²) < 4.78 is 36.1. The molecule has 9 heteroatoms. The first kappa shape index (κ1) is 20.3. The van der Waals surface area contributed by atoms with Crippen LogP contribution in [0.3, 0.4) is 0 Å². The molecule has 1 amide bonds. The molecule has 146 valence electrons. The third kappa shape index (κ3) is 5.25. The van der Waals surface area contributed by atoms with E-state index in [-0.39, 0.29) is 28.5 Å². The van der Waals surface area contributed by atoms with Crippen molar-refractivity contribution in [1.82, 2.24) is 10.6 Å². The number of ether oxygens (including phenoxy) is 2. The zero-order chi connectivity index (χ0) is 19.4.